The van der Waals surface area contributed by atoms with Crippen LogP contribution in [0.3, 0.4) is 0 Å². The third-order valence-electron chi connectivity index (χ3n) is 3.27. The molecule has 0 atom stereocenters. The molecule has 0 aliphatic carbocycles. The number of hydrogen-bond acceptors (Lipinski definition) is 3. The average Bonchev–Trinajstić information content (AvgIpc) is 2.94. The highest BCUT2D eigenvalue weighted by atomic mass is 15.3. The largest absolute Gasteiger partial charge is 0.310 e. The van der Waals surface area contributed by atoms with Gasteiger partial charge in [-0.1, -0.05) is 13.8 Å². The zero-order valence-corrected chi connectivity index (χ0v) is 13.1. The number of rotatable bonds is 6. The first-order valence-electron chi connectivity index (χ1n) is 7.26. The maximum absolute atomic E-state index is 4.57. The second-order valence-corrected chi connectivity index (χ2v) is 5.85. The molecule has 0 unspecified atom stereocenters. The minimum atomic E-state index is 0.397. The third kappa shape index (κ3) is 3.70. The van der Waals surface area contributed by atoms with Crippen molar-refractivity contribution >= 4 is 0 Å². The zero-order chi connectivity index (χ0) is 14.7. The molecule has 0 saturated heterocycles. The van der Waals surface area contributed by atoms with Gasteiger partial charge in [-0.2, -0.15) is 10.2 Å². The van der Waals surface area contributed by atoms with Gasteiger partial charge in [0.25, 0.3) is 0 Å². The Morgan fingerprint density at radius 2 is 1.95 bits per heavy atom. The van der Waals surface area contributed by atoms with Gasteiger partial charge in [-0.15, -0.1) is 0 Å². The predicted octanol–water partition coefficient (Wildman–Crippen LogP) is 2.52. The average molecular weight is 275 g/mol. The summed E-state index contributed by atoms with van der Waals surface area (Å²) in [5.74, 6) is 0. The number of nitrogens with one attached hydrogen (secondary N) is 1. The van der Waals surface area contributed by atoms with Crippen LogP contribution in [0.25, 0.3) is 0 Å². The van der Waals surface area contributed by atoms with Gasteiger partial charge in [-0.3, -0.25) is 9.36 Å². The van der Waals surface area contributed by atoms with Crippen LogP contribution in [0.1, 0.15) is 50.7 Å². The van der Waals surface area contributed by atoms with Crippen molar-refractivity contribution in [3.8, 4) is 0 Å². The Bertz CT molecular complexity index is 550. The molecule has 0 aromatic carbocycles. The summed E-state index contributed by atoms with van der Waals surface area (Å²) >= 11 is 0. The summed E-state index contributed by atoms with van der Waals surface area (Å²) in [5, 5.41) is 12.5. The van der Waals surface area contributed by atoms with Crippen LogP contribution >= 0.6 is 0 Å². The first-order valence-corrected chi connectivity index (χ1v) is 7.26. The van der Waals surface area contributed by atoms with Crippen LogP contribution in [-0.2, 0) is 13.1 Å². The second kappa shape index (κ2) is 6.22. The Labute approximate surface area is 121 Å². The van der Waals surface area contributed by atoms with Crippen molar-refractivity contribution in [3.05, 3.63) is 35.4 Å². The van der Waals surface area contributed by atoms with Crippen molar-refractivity contribution in [1.82, 2.24) is 24.9 Å². The molecular weight excluding hydrogens is 250 g/mol. The lowest BCUT2D eigenvalue weighted by molar-refractivity contribution is 0.520. The van der Waals surface area contributed by atoms with Crippen molar-refractivity contribution in [3.63, 3.8) is 0 Å². The highest BCUT2D eigenvalue weighted by molar-refractivity contribution is 5.16. The summed E-state index contributed by atoms with van der Waals surface area (Å²) < 4.78 is 3.95. The minimum Gasteiger partial charge on any atom is -0.310 e. The molecule has 1 N–H and O–H groups in total. The van der Waals surface area contributed by atoms with Gasteiger partial charge >= 0.3 is 0 Å². The lowest BCUT2D eigenvalue weighted by Crippen LogP contribution is -2.21. The first kappa shape index (κ1) is 14.8. The highest BCUT2D eigenvalue weighted by Gasteiger charge is 2.08. The molecule has 0 aliphatic rings. The first-order chi connectivity index (χ1) is 9.45. The van der Waals surface area contributed by atoms with E-state index in [4.69, 9.17) is 0 Å². The summed E-state index contributed by atoms with van der Waals surface area (Å²) in [5.41, 5.74) is 3.38. The Hall–Kier alpha value is -1.62. The fourth-order valence-corrected chi connectivity index (χ4v) is 2.04. The molecule has 2 aromatic rings. The molecule has 0 amide bonds. The van der Waals surface area contributed by atoms with Crippen LogP contribution in [0.2, 0.25) is 0 Å². The monoisotopic (exact) mass is 275 g/mol. The molecule has 0 saturated carbocycles. The molecule has 0 bridgehead atoms. The van der Waals surface area contributed by atoms with Gasteiger partial charge in [0.1, 0.15) is 0 Å². The molecule has 2 rings (SSSR count). The molecule has 5 nitrogen and oxygen atoms in total. The van der Waals surface area contributed by atoms with E-state index in [0.717, 1.165) is 24.5 Å². The SMILES string of the molecule is Cc1nn(Cc2ccn(C(C)C)n2)cc1CNC(C)C. The van der Waals surface area contributed by atoms with E-state index < -0.39 is 0 Å². The normalized spacial score (nSPS) is 11.8. The Balaban J connectivity index is 2.04. The van der Waals surface area contributed by atoms with Gasteiger partial charge in [-0.05, 0) is 26.8 Å². The van der Waals surface area contributed by atoms with Gasteiger partial charge < -0.3 is 5.32 Å². The fraction of sp³-hybridized carbons (Fsp3) is 0.600. The Morgan fingerprint density at radius 1 is 1.20 bits per heavy atom. The van der Waals surface area contributed by atoms with Crippen molar-refractivity contribution < 1.29 is 0 Å². The molecule has 0 aliphatic heterocycles. The summed E-state index contributed by atoms with van der Waals surface area (Å²) in [4.78, 5) is 0. The van der Waals surface area contributed by atoms with Gasteiger partial charge in [0.05, 0.1) is 17.9 Å². The van der Waals surface area contributed by atoms with E-state index in [1.54, 1.807) is 0 Å². The maximum atomic E-state index is 4.57. The summed E-state index contributed by atoms with van der Waals surface area (Å²) in [6.07, 6.45) is 4.14. The molecule has 0 radical (unpaired) electrons. The summed E-state index contributed by atoms with van der Waals surface area (Å²) in [7, 11) is 0. The molecule has 20 heavy (non-hydrogen) atoms. The molecule has 5 heteroatoms. The number of aryl methyl sites for hydroxylation is 1. The smallest absolute Gasteiger partial charge is 0.0850 e. The van der Waals surface area contributed by atoms with Gasteiger partial charge in [0, 0.05) is 36.6 Å². The van der Waals surface area contributed by atoms with Crippen LogP contribution in [-0.4, -0.2) is 25.6 Å². The standard InChI is InChI=1S/C15H25N5/c1-11(2)16-8-14-9-19(17-13(14)5)10-15-6-7-20(18-15)12(3)4/h6-7,9,11-12,16H,8,10H2,1-5H3. The van der Waals surface area contributed by atoms with Crippen LogP contribution < -0.4 is 5.32 Å². The highest BCUT2D eigenvalue weighted by Crippen LogP contribution is 2.09. The van der Waals surface area contributed by atoms with Crippen LogP contribution in [0.5, 0.6) is 0 Å². The van der Waals surface area contributed by atoms with Crippen LogP contribution in [0, 0.1) is 6.92 Å². The van der Waals surface area contributed by atoms with Gasteiger partial charge in [0.2, 0.25) is 0 Å². The van der Waals surface area contributed by atoms with E-state index in [0.29, 0.717) is 12.1 Å². The van der Waals surface area contributed by atoms with Crippen LogP contribution in [0.4, 0.5) is 0 Å². The Morgan fingerprint density at radius 3 is 2.55 bits per heavy atom. The molecular formula is C15H25N5. The minimum absolute atomic E-state index is 0.397. The van der Waals surface area contributed by atoms with E-state index in [9.17, 15) is 0 Å². The van der Waals surface area contributed by atoms with E-state index in [2.05, 4.69) is 62.4 Å². The van der Waals surface area contributed by atoms with Gasteiger partial charge in [0.15, 0.2) is 0 Å². The predicted molar refractivity (Wildman–Crippen MR) is 80.7 cm³/mol. The lowest BCUT2D eigenvalue weighted by Gasteiger charge is -2.06. The number of aromatic nitrogens is 4. The topological polar surface area (TPSA) is 47.7 Å². The maximum Gasteiger partial charge on any atom is 0.0850 e. The summed E-state index contributed by atoms with van der Waals surface area (Å²) in [6.45, 7) is 12.2. The summed E-state index contributed by atoms with van der Waals surface area (Å²) in [6, 6.07) is 2.94. The molecule has 2 heterocycles. The van der Waals surface area contributed by atoms with Gasteiger partial charge in [-0.25, -0.2) is 0 Å². The van der Waals surface area contributed by atoms with Crippen molar-refractivity contribution in [2.45, 2.75) is 59.8 Å². The van der Waals surface area contributed by atoms with E-state index in [-0.39, 0.29) is 0 Å². The second-order valence-electron chi connectivity index (χ2n) is 5.85. The fourth-order valence-electron chi connectivity index (χ4n) is 2.04. The number of hydrogen-bond donors (Lipinski definition) is 1. The van der Waals surface area contributed by atoms with Crippen molar-refractivity contribution in [2.75, 3.05) is 0 Å². The molecule has 110 valence electrons. The van der Waals surface area contributed by atoms with E-state index in [1.165, 1.54) is 5.56 Å². The van der Waals surface area contributed by atoms with E-state index in [1.807, 2.05) is 15.6 Å². The lowest BCUT2D eigenvalue weighted by atomic mass is 10.2. The third-order valence-corrected chi connectivity index (χ3v) is 3.27. The van der Waals surface area contributed by atoms with Crippen molar-refractivity contribution in [1.29, 1.82) is 0 Å². The zero-order valence-electron chi connectivity index (χ0n) is 13.1. The molecule has 2 aromatic heterocycles. The van der Waals surface area contributed by atoms with Crippen molar-refractivity contribution in [2.24, 2.45) is 0 Å². The molecule has 0 spiro atoms. The van der Waals surface area contributed by atoms with E-state index >= 15 is 0 Å². The quantitative estimate of drug-likeness (QED) is 0.881. The van der Waals surface area contributed by atoms with Crippen LogP contribution in [0.15, 0.2) is 18.5 Å². The molecule has 0 fully saturated rings. The Kier molecular flexibility index (Phi) is 4.60. The number of nitrogens with zero attached hydrogens (tertiary/aromatic N) is 4.